The third-order valence-corrected chi connectivity index (χ3v) is 4.67. The number of aryl methyl sites for hydroxylation is 1. The van der Waals surface area contributed by atoms with Gasteiger partial charge in [0.05, 0.1) is 4.90 Å². The molecule has 0 saturated carbocycles. The molecule has 0 heterocycles. The number of hydrogen-bond acceptors (Lipinski definition) is 4. The van der Waals surface area contributed by atoms with Gasteiger partial charge in [-0.25, -0.2) is 13.1 Å². The Hall–Kier alpha value is -0.950. The van der Waals surface area contributed by atoms with Crippen molar-refractivity contribution in [3.05, 3.63) is 29.3 Å². The summed E-state index contributed by atoms with van der Waals surface area (Å²) < 4.78 is 27.3. The Labute approximate surface area is 122 Å². The van der Waals surface area contributed by atoms with Gasteiger partial charge in [-0.3, -0.25) is 0 Å². The van der Waals surface area contributed by atoms with Gasteiger partial charge < -0.3 is 10.6 Å². The van der Waals surface area contributed by atoms with Crippen LogP contribution < -0.4 is 10.5 Å². The highest BCUT2D eigenvalue weighted by molar-refractivity contribution is 7.89. The maximum atomic E-state index is 12.3. The molecule has 0 radical (unpaired) electrons. The second kappa shape index (κ2) is 7.17. The van der Waals surface area contributed by atoms with E-state index in [4.69, 9.17) is 5.73 Å². The first-order chi connectivity index (χ1) is 9.30. The molecule has 1 unspecified atom stereocenters. The molecule has 0 saturated heterocycles. The van der Waals surface area contributed by atoms with E-state index in [0.29, 0.717) is 13.1 Å². The van der Waals surface area contributed by atoms with Gasteiger partial charge in [-0.1, -0.05) is 13.0 Å². The van der Waals surface area contributed by atoms with E-state index in [9.17, 15) is 8.42 Å². The Bertz CT molecular complexity index is 541. The molecule has 114 valence electrons. The van der Waals surface area contributed by atoms with Gasteiger partial charge in [0, 0.05) is 19.1 Å². The fourth-order valence-corrected chi connectivity index (χ4v) is 3.51. The Morgan fingerprint density at radius 3 is 2.45 bits per heavy atom. The molecule has 0 aliphatic rings. The molecule has 0 amide bonds. The van der Waals surface area contributed by atoms with E-state index in [1.54, 1.807) is 12.1 Å². The molecule has 1 atom stereocenters. The van der Waals surface area contributed by atoms with E-state index in [1.807, 2.05) is 38.9 Å². The molecule has 0 bridgehead atoms. The number of sulfonamides is 1. The molecule has 0 aliphatic heterocycles. The normalized spacial score (nSPS) is 13.7. The van der Waals surface area contributed by atoms with Crippen LogP contribution in [0.3, 0.4) is 0 Å². The number of benzene rings is 1. The lowest BCUT2D eigenvalue weighted by Gasteiger charge is -2.19. The summed E-state index contributed by atoms with van der Waals surface area (Å²) in [5.41, 5.74) is 7.66. The largest absolute Gasteiger partial charge is 0.326 e. The monoisotopic (exact) mass is 299 g/mol. The average molecular weight is 299 g/mol. The molecular formula is C14H25N3O2S. The van der Waals surface area contributed by atoms with E-state index in [1.165, 1.54) is 0 Å². The standard InChI is InChI=1S/C14H25N3O2S/c1-5-12-6-7-14(8-13(12)9-15)20(18,19)16-11(2)10-17(3)4/h6-8,11,16H,5,9-10,15H2,1-4H3. The Morgan fingerprint density at radius 1 is 1.30 bits per heavy atom. The second-order valence-electron chi connectivity index (χ2n) is 5.27. The fourth-order valence-electron chi connectivity index (χ4n) is 2.22. The number of nitrogens with zero attached hydrogens (tertiary/aromatic N) is 1. The number of likely N-dealkylation sites (N-methyl/N-ethyl adjacent to an activating group) is 1. The van der Waals surface area contributed by atoms with Gasteiger partial charge in [0.2, 0.25) is 10.0 Å². The second-order valence-corrected chi connectivity index (χ2v) is 6.99. The first-order valence-electron chi connectivity index (χ1n) is 6.79. The van der Waals surface area contributed by atoms with Crippen LogP contribution in [0, 0.1) is 0 Å². The summed E-state index contributed by atoms with van der Waals surface area (Å²) in [7, 11) is 0.325. The topological polar surface area (TPSA) is 75.4 Å². The lowest BCUT2D eigenvalue weighted by Crippen LogP contribution is -2.39. The van der Waals surface area contributed by atoms with Crippen molar-refractivity contribution in [3.63, 3.8) is 0 Å². The molecule has 0 aromatic heterocycles. The first kappa shape index (κ1) is 17.1. The Balaban J connectivity index is 2.98. The number of rotatable bonds is 7. The van der Waals surface area contributed by atoms with Crippen LogP contribution in [0.25, 0.3) is 0 Å². The summed E-state index contributed by atoms with van der Waals surface area (Å²) in [5.74, 6) is 0. The van der Waals surface area contributed by atoms with Gasteiger partial charge in [0.15, 0.2) is 0 Å². The van der Waals surface area contributed by atoms with Crippen LogP contribution in [0.4, 0.5) is 0 Å². The maximum Gasteiger partial charge on any atom is 0.240 e. The molecule has 1 rings (SSSR count). The van der Waals surface area contributed by atoms with E-state index in [-0.39, 0.29) is 10.9 Å². The minimum atomic E-state index is -3.49. The maximum absolute atomic E-state index is 12.3. The molecule has 6 heteroatoms. The zero-order valence-electron chi connectivity index (χ0n) is 12.7. The molecule has 5 nitrogen and oxygen atoms in total. The van der Waals surface area contributed by atoms with Crippen LogP contribution in [-0.4, -0.2) is 40.0 Å². The SMILES string of the molecule is CCc1ccc(S(=O)(=O)NC(C)CN(C)C)cc1CN. The number of nitrogens with one attached hydrogen (secondary N) is 1. The van der Waals surface area contributed by atoms with Gasteiger partial charge in [-0.2, -0.15) is 0 Å². The van der Waals surface area contributed by atoms with E-state index < -0.39 is 10.0 Å². The van der Waals surface area contributed by atoms with Crippen LogP contribution in [0.5, 0.6) is 0 Å². The van der Waals surface area contributed by atoms with E-state index >= 15 is 0 Å². The lowest BCUT2D eigenvalue weighted by atomic mass is 10.1. The van der Waals surface area contributed by atoms with Crippen molar-refractivity contribution in [1.82, 2.24) is 9.62 Å². The predicted molar refractivity (Wildman–Crippen MR) is 82.0 cm³/mol. The quantitative estimate of drug-likeness (QED) is 0.785. The molecule has 0 aliphatic carbocycles. The van der Waals surface area contributed by atoms with E-state index in [2.05, 4.69) is 4.72 Å². The third kappa shape index (κ3) is 4.56. The van der Waals surface area contributed by atoms with Crippen molar-refractivity contribution in [2.75, 3.05) is 20.6 Å². The molecular weight excluding hydrogens is 274 g/mol. The van der Waals surface area contributed by atoms with Crippen LogP contribution in [0.15, 0.2) is 23.1 Å². The molecule has 1 aromatic carbocycles. The van der Waals surface area contributed by atoms with Crippen LogP contribution >= 0.6 is 0 Å². The summed E-state index contributed by atoms with van der Waals surface area (Å²) in [6, 6.07) is 5.00. The zero-order chi connectivity index (χ0) is 15.3. The van der Waals surface area contributed by atoms with Gasteiger partial charge in [-0.15, -0.1) is 0 Å². The van der Waals surface area contributed by atoms with Crippen molar-refractivity contribution in [2.45, 2.75) is 37.8 Å². The van der Waals surface area contributed by atoms with Gasteiger partial charge in [0.1, 0.15) is 0 Å². The smallest absolute Gasteiger partial charge is 0.240 e. The van der Waals surface area contributed by atoms with Crippen LogP contribution in [0.1, 0.15) is 25.0 Å². The number of nitrogens with two attached hydrogens (primary N) is 1. The minimum absolute atomic E-state index is 0.151. The van der Waals surface area contributed by atoms with Crippen LogP contribution in [0.2, 0.25) is 0 Å². The summed E-state index contributed by atoms with van der Waals surface area (Å²) in [5, 5.41) is 0. The van der Waals surface area contributed by atoms with E-state index in [0.717, 1.165) is 17.5 Å². The highest BCUT2D eigenvalue weighted by Gasteiger charge is 2.18. The van der Waals surface area contributed by atoms with Crippen molar-refractivity contribution in [3.8, 4) is 0 Å². The van der Waals surface area contributed by atoms with Crippen molar-refractivity contribution in [2.24, 2.45) is 5.73 Å². The number of hydrogen-bond donors (Lipinski definition) is 2. The minimum Gasteiger partial charge on any atom is -0.326 e. The van der Waals surface area contributed by atoms with Crippen molar-refractivity contribution < 1.29 is 8.42 Å². The van der Waals surface area contributed by atoms with Crippen molar-refractivity contribution in [1.29, 1.82) is 0 Å². The first-order valence-corrected chi connectivity index (χ1v) is 8.27. The highest BCUT2D eigenvalue weighted by atomic mass is 32.2. The summed E-state index contributed by atoms with van der Waals surface area (Å²) in [4.78, 5) is 2.22. The Morgan fingerprint density at radius 2 is 1.95 bits per heavy atom. The van der Waals surface area contributed by atoms with Gasteiger partial charge >= 0.3 is 0 Å². The van der Waals surface area contributed by atoms with Crippen molar-refractivity contribution >= 4 is 10.0 Å². The fraction of sp³-hybridized carbons (Fsp3) is 0.571. The summed E-state index contributed by atoms with van der Waals surface area (Å²) in [6.45, 7) is 4.87. The molecule has 1 aromatic rings. The molecule has 0 spiro atoms. The average Bonchev–Trinajstić information content (AvgIpc) is 2.36. The molecule has 3 N–H and O–H groups in total. The zero-order valence-corrected chi connectivity index (χ0v) is 13.5. The molecule has 20 heavy (non-hydrogen) atoms. The van der Waals surface area contributed by atoms with Gasteiger partial charge in [0.25, 0.3) is 0 Å². The summed E-state index contributed by atoms with van der Waals surface area (Å²) >= 11 is 0. The highest BCUT2D eigenvalue weighted by Crippen LogP contribution is 2.16. The summed E-state index contributed by atoms with van der Waals surface area (Å²) in [6.07, 6.45) is 0.845. The Kier molecular flexibility index (Phi) is 6.13. The lowest BCUT2D eigenvalue weighted by molar-refractivity contribution is 0.370. The predicted octanol–water partition coefficient (Wildman–Crippen LogP) is 0.936. The van der Waals surface area contributed by atoms with Gasteiger partial charge in [-0.05, 0) is 50.7 Å². The van der Waals surface area contributed by atoms with Crippen LogP contribution in [-0.2, 0) is 23.0 Å². The third-order valence-electron chi connectivity index (χ3n) is 3.08. The molecule has 0 fully saturated rings.